The zero-order chi connectivity index (χ0) is 13.1. The number of para-hydroxylation sites is 1. The Labute approximate surface area is 123 Å². The van der Waals surface area contributed by atoms with E-state index in [4.69, 9.17) is 4.42 Å². The van der Waals surface area contributed by atoms with Crippen LogP contribution in [0.5, 0.6) is 0 Å². The first-order valence-electron chi connectivity index (χ1n) is 6.36. The van der Waals surface area contributed by atoms with Gasteiger partial charge in [0.15, 0.2) is 11.7 Å². The molecular weight excluding hydrogens is 276 g/mol. The molecule has 2 heterocycles. The van der Waals surface area contributed by atoms with Crippen molar-refractivity contribution >= 4 is 23.9 Å². The molecule has 2 N–H and O–H groups in total. The largest absolute Gasteiger partial charge is 0.441 e. The van der Waals surface area contributed by atoms with Crippen molar-refractivity contribution in [3.8, 4) is 11.3 Å². The number of hydrogen-bond donors (Lipinski definition) is 2. The predicted molar refractivity (Wildman–Crippen MR) is 82.7 cm³/mol. The van der Waals surface area contributed by atoms with Crippen LogP contribution in [0, 0.1) is 6.92 Å². The molecule has 0 spiro atoms. The van der Waals surface area contributed by atoms with Crippen LogP contribution in [0.15, 0.2) is 39.9 Å². The summed E-state index contributed by atoms with van der Waals surface area (Å²) >= 11 is 0. The zero-order valence-electron chi connectivity index (χ0n) is 11.2. The Morgan fingerprint density at radius 2 is 2.20 bits per heavy atom. The molecule has 0 saturated carbocycles. The molecule has 5 nitrogen and oxygen atoms in total. The molecule has 0 amide bonds. The van der Waals surface area contributed by atoms with E-state index in [1.807, 2.05) is 31.2 Å². The fourth-order valence-electron chi connectivity index (χ4n) is 2.08. The van der Waals surface area contributed by atoms with Crippen molar-refractivity contribution in [1.82, 2.24) is 10.3 Å². The summed E-state index contributed by atoms with van der Waals surface area (Å²) in [6.45, 7) is 4.33. The zero-order valence-corrected chi connectivity index (χ0v) is 12.0. The molecule has 0 fully saturated rings. The fourth-order valence-corrected chi connectivity index (χ4v) is 2.08. The Hall–Kier alpha value is -2.01. The molecule has 3 rings (SSSR count). The van der Waals surface area contributed by atoms with Gasteiger partial charge in [0.25, 0.3) is 0 Å². The minimum absolute atomic E-state index is 0. The van der Waals surface area contributed by atoms with Gasteiger partial charge >= 0.3 is 0 Å². The number of benzene rings is 1. The number of oxazole rings is 1. The van der Waals surface area contributed by atoms with Crippen molar-refractivity contribution in [1.29, 1.82) is 0 Å². The van der Waals surface area contributed by atoms with Crippen LogP contribution in [-0.2, 0) is 0 Å². The second-order valence-corrected chi connectivity index (χ2v) is 4.40. The third-order valence-corrected chi connectivity index (χ3v) is 3.00. The molecule has 1 aliphatic rings. The first-order valence-corrected chi connectivity index (χ1v) is 6.36. The number of halogens is 1. The van der Waals surface area contributed by atoms with Gasteiger partial charge in [-0.2, -0.15) is 0 Å². The molecule has 0 saturated heterocycles. The van der Waals surface area contributed by atoms with Crippen LogP contribution in [0.1, 0.15) is 5.89 Å². The Morgan fingerprint density at radius 3 is 2.90 bits per heavy atom. The minimum Gasteiger partial charge on any atom is -0.441 e. The number of amidine groups is 1. The predicted octanol–water partition coefficient (Wildman–Crippen LogP) is 2.49. The number of aryl methyl sites for hydroxylation is 1. The second kappa shape index (κ2) is 6.43. The number of anilines is 1. The molecule has 0 bridgehead atoms. The third-order valence-electron chi connectivity index (χ3n) is 3.00. The van der Waals surface area contributed by atoms with Gasteiger partial charge < -0.3 is 15.1 Å². The SMILES string of the molecule is Cc1ncc(-c2ccccc2NCC2=NCCN2)o1.Cl. The average molecular weight is 293 g/mol. The summed E-state index contributed by atoms with van der Waals surface area (Å²) in [5.41, 5.74) is 2.04. The minimum atomic E-state index is 0. The van der Waals surface area contributed by atoms with Crippen molar-refractivity contribution in [3.05, 3.63) is 36.4 Å². The van der Waals surface area contributed by atoms with Gasteiger partial charge in [-0.25, -0.2) is 4.98 Å². The van der Waals surface area contributed by atoms with E-state index in [1.165, 1.54) is 0 Å². The van der Waals surface area contributed by atoms with E-state index in [0.717, 1.165) is 35.9 Å². The summed E-state index contributed by atoms with van der Waals surface area (Å²) < 4.78 is 5.59. The Morgan fingerprint density at radius 1 is 1.35 bits per heavy atom. The number of rotatable bonds is 4. The molecule has 1 aliphatic heterocycles. The Bertz CT molecular complexity index is 609. The molecule has 6 heteroatoms. The maximum Gasteiger partial charge on any atom is 0.191 e. The highest BCUT2D eigenvalue weighted by Crippen LogP contribution is 2.28. The summed E-state index contributed by atoms with van der Waals surface area (Å²) in [5, 5.41) is 6.62. The number of nitrogens with one attached hydrogen (secondary N) is 2. The van der Waals surface area contributed by atoms with E-state index < -0.39 is 0 Å². The third kappa shape index (κ3) is 3.11. The van der Waals surface area contributed by atoms with E-state index in [9.17, 15) is 0 Å². The smallest absolute Gasteiger partial charge is 0.191 e. The van der Waals surface area contributed by atoms with Crippen molar-refractivity contribution in [2.24, 2.45) is 4.99 Å². The number of aliphatic imine (C=N–C) groups is 1. The number of aromatic nitrogens is 1. The average Bonchev–Trinajstić information content (AvgIpc) is 3.08. The Kier molecular flexibility index (Phi) is 4.63. The van der Waals surface area contributed by atoms with Crippen LogP contribution in [-0.4, -0.2) is 30.5 Å². The van der Waals surface area contributed by atoms with Crippen molar-refractivity contribution < 1.29 is 4.42 Å². The van der Waals surface area contributed by atoms with Crippen LogP contribution < -0.4 is 10.6 Å². The van der Waals surface area contributed by atoms with E-state index in [2.05, 4.69) is 20.6 Å². The summed E-state index contributed by atoms with van der Waals surface area (Å²) in [4.78, 5) is 8.51. The van der Waals surface area contributed by atoms with Crippen LogP contribution in [0.25, 0.3) is 11.3 Å². The molecule has 1 aromatic carbocycles. The van der Waals surface area contributed by atoms with Crippen LogP contribution in [0.3, 0.4) is 0 Å². The fraction of sp³-hybridized carbons (Fsp3) is 0.286. The number of nitrogens with zero attached hydrogens (tertiary/aromatic N) is 2. The lowest BCUT2D eigenvalue weighted by atomic mass is 10.1. The highest BCUT2D eigenvalue weighted by atomic mass is 35.5. The summed E-state index contributed by atoms with van der Waals surface area (Å²) in [5.74, 6) is 2.46. The molecule has 20 heavy (non-hydrogen) atoms. The van der Waals surface area contributed by atoms with Gasteiger partial charge in [0.1, 0.15) is 5.84 Å². The highest BCUT2D eigenvalue weighted by Gasteiger charge is 2.10. The molecule has 0 atom stereocenters. The molecule has 0 aliphatic carbocycles. The van der Waals surface area contributed by atoms with Crippen molar-refractivity contribution in [2.75, 3.05) is 25.0 Å². The maximum absolute atomic E-state index is 5.59. The quantitative estimate of drug-likeness (QED) is 0.909. The highest BCUT2D eigenvalue weighted by molar-refractivity contribution is 5.88. The topological polar surface area (TPSA) is 62.5 Å². The standard InChI is InChI=1S/C14H16N4O.ClH/c1-10-17-8-13(19-10)11-4-2-3-5-12(11)18-9-14-15-6-7-16-14;/h2-5,8,18H,6-7,9H2,1H3,(H,15,16);1H. The first-order chi connectivity index (χ1) is 9.33. The molecule has 0 unspecified atom stereocenters. The number of hydrogen-bond acceptors (Lipinski definition) is 5. The lowest BCUT2D eigenvalue weighted by molar-refractivity contribution is 0.534. The van der Waals surface area contributed by atoms with Crippen LogP contribution in [0.2, 0.25) is 0 Å². The van der Waals surface area contributed by atoms with Crippen LogP contribution in [0.4, 0.5) is 5.69 Å². The Balaban J connectivity index is 0.00000147. The van der Waals surface area contributed by atoms with Gasteiger partial charge in [-0.15, -0.1) is 12.4 Å². The van der Waals surface area contributed by atoms with E-state index >= 15 is 0 Å². The van der Waals surface area contributed by atoms with E-state index in [0.29, 0.717) is 12.4 Å². The molecule has 0 radical (unpaired) electrons. The van der Waals surface area contributed by atoms with Gasteiger partial charge in [0.2, 0.25) is 0 Å². The first kappa shape index (κ1) is 14.4. The molecular formula is C14H17ClN4O. The lowest BCUT2D eigenvalue weighted by Crippen LogP contribution is -2.26. The van der Waals surface area contributed by atoms with Gasteiger partial charge in [0, 0.05) is 24.7 Å². The van der Waals surface area contributed by atoms with E-state index in [-0.39, 0.29) is 12.4 Å². The lowest BCUT2D eigenvalue weighted by Gasteiger charge is -2.10. The van der Waals surface area contributed by atoms with Crippen molar-refractivity contribution in [3.63, 3.8) is 0 Å². The van der Waals surface area contributed by atoms with Gasteiger partial charge in [-0.1, -0.05) is 12.1 Å². The molecule has 2 aromatic rings. The normalized spacial score (nSPS) is 13.3. The van der Waals surface area contributed by atoms with Gasteiger partial charge in [-0.3, -0.25) is 4.99 Å². The van der Waals surface area contributed by atoms with Crippen LogP contribution >= 0.6 is 12.4 Å². The second-order valence-electron chi connectivity index (χ2n) is 4.40. The maximum atomic E-state index is 5.59. The van der Waals surface area contributed by atoms with Gasteiger partial charge in [0.05, 0.1) is 19.3 Å². The summed E-state index contributed by atoms with van der Waals surface area (Å²) in [6.07, 6.45) is 1.75. The summed E-state index contributed by atoms with van der Waals surface area (Å²) in [6, 6.07) is 8.04. The monoisotopic (exact) mass is 292 g/mol. The molecule has 1 aromatic heterocycles. The van der Waals surface area contributed by atoms with Crippen molar-refractivity contribution in [2.45, 2.75) is 6.92 Å². The van der Waals surface area contributed by atoms with E-state index in [1.54, 1.807) is 6.20 Å². The molecule has 106 valence electrons. The van der Waals surface area contributed by atoms with Gasteiger partial charge in [-0.05, 0) is 12.1 Å². The summed E-state index contributed by atoms with van der Waals surface area (Å²) in [7, 11) is 0.